The smallest absolute Gasteiger partial charge is 0.408 e. The lowest BCUT2D eigenvalue weighted by Crippen LogP contribution is -2.60. The molecule has 3 saturated carbocycles. The zero-order chi connectivity index (χ0) is 43.5. The molecule has 5 fully saturated rings. The maximum absolute atomic E-state index is 14.9. The van der Waals surface area contributed by atoms with E-state index in [4.69, 9.17) is 19.2 Å². The molecule has 1 aromatic carbocycles. The first-order valence-electron chi connectivity index (χ1n) is 22.1. The predicted molar refractivity (Wildman–Crippen MR) is 228 cm³/mol. The number of ether oxygens (including phenoxy) is 3. The number of nitrogens with one attached hydrogen (secondary N) is 3. The first-order chi connectivity index (χ1) is 28.9. The second-order valence-electron chi connectivity index (χ2n) is 19.8. The summed E-state index contributed by atoms with van der Waals surface area (Å²) >= 11 is 0. The number of nitrogens with zero attached hydrogens (tertiary/aromatic N) is 3. The van der Waals surface area contributed by atoms with Crippen LogP contribution in [0.1, 0.15) is 97.5 Å². The van der Waals surface area contributed by atoms with Crippen molar-refractivity contribution in [3.63, 3.8) is 0 Å². The van der Waals surface area contributed by atoms with Gasteiger partial charge in [-0.05, 0) is 95.3 Å². The molecule has 0 spiro atoms. The van der Waals surface area contributed by atoms with Crippen molar-refractivity contribution in [3.8, 4) is 11.6 Å². The molecule has 0 radical (unpaired) electrons. The van der Waals surface area contributed by atoms with Gasteiger partial charge in [0.15, 0.2) is 0 Å². The van der Waals surface area contributed by atoms with Crippen molar-refractivity contribution < 1.29 is 41.8 Å². The van der Waals surface area contributed by atoms with Gasteiger partial charge in [0, 0.05) is 30.2 Å². The van der Waals surface area contributed by atoms with Crippen molar-refractivity contribution in [1.29, 1.82) is 0 Å². The maximum Gasteiger partial charge on any atom is 0.408 e. The van der Waals surface area contributed by atoms with Gasteiger partial charge in [0.05, 0.1) is 29.0 Å². The second-order valence-corrected chi connectivity index (χ2v) is 22.0. The van der Waals surface area contributed by atoms with E-state index in [0.29, 0.717) is 43.2 Å². The molecule has 3 aliphatic heterocycles. The van der Waals surface area contributed by atoms with Gasteiger partial charge in [0.2, 0.25) is 27.7 Å². The zero-order valence-electron chi connectivity index (χ0n) is 36.2. The SMILES string of the molecule is C=C[C@@H]1C[C@]1(NC(=O)[C@@H]1C[C@@H]2CN1C(=O)[C@H](C(C)(C)C)NC(=O)O[C@@H]1C[C@H]1CCCCCc1c(nc3ccccc3c1OCC1CCN(C)C1)O2)C(=O)NS(=O)(=O)C1(C)CC1. The first kappa shape index (κ1) is 43.2. The maximum atomic E-state index is 14.9. The number of carbonyl (C=O) groups is 4. The molecular formula is C45H62N6O9S. The molecule has 1 unspecified atom stereocenters. The summed E-state index contributed by atoms with van der Waals surface area (Å²) < 4.78 is 46.9. The minimum Gasteiger partial charge on any atom is -0.492 e. The van der Waals surface area contributed by atoms with Gasteiger partial charge in [-0.2, -0.15) is 0 Å². The van der Waals surface area contributed by atoms with Gasteiger partial charge in [-0.15, -0.1) is 6.58 Å². The summed E-state index contributed by atoms with van der Waals surface area (Å²) in [6.45, 7) is 13.4. The van der Waals surface area contributed by atoms with Crippen molar-refractivity contribution in [2.75, 3.05) is 33.3 Å². The van der Waals surface area contributed by atoms with Crippen LogP contribution in [0.25, 0.3) is 10.9 Å². The van der Waals surface area contributed by atoms with E-state index in [-0.39, 0.29) is 31.4 Å². The quantitative estimate of drug-likeness (QED) is 0.299. The molecule has 4 amide bonds. The van der Waals surface area contributed by atoms with Crippen LogP contribution in [0.2, 0.25) is 0 Å². The van der Waals surface area contributed by atoms with Crippen LogP contribution in [0.15, 0.2) is 36.9 Å². The number of benzene rings is 1. The third-order valence-electron chi connectivity index (χ3n) is 13.9. The van der Waals surface area contributed by atoms with Crippen LogP contribution in [-0.4, -0.2) is 115 Å². The standard InChI is InChI=1S/C45H62N6O9S/c1-7-29-23-45(29,41(54)49-61(56,57)44(5)18-19-44)48-38(52)34-22-30-25-51(34)40(53)37(43(2,3)4)47-42(55)60-35-21-28(35)13-9-8-10-15-32-36(58-26-27-17-20-50(6)24-27)31-14-11-12-16-33(31)46-39(32)59-30/h7,11-12,14,16,27-30,34-35,37H,1,8-10,13,15,17-26H2,2-6H3,(H,47,55)(H,48,52)(H,49,54)/t27?,28-,29-,30-,34+,35-,37-,45-/m1/s1. The van der Waals surface area contributed by atoms with Crippen LogP contribution in [0.4, 0.5) is 4.79 Å². The number of alkyl carbamates (subject to hydrolysis) is 1. The zero-order valence-corrected chi connectivity index (χ0v) is 37.0. The predicted octanol–water partition coefficient (Wildman–Crippen LogP) is 4.62. The van der Waals surface area contributed by atoms with Crippen molar-refractivity contribution in [3.05, 3.63) is 42.5 Å². The Morgan fingerprint density at radius 3 is 2.54 bits per heavy atom. The summed E-state index contributed by atoms with van der Waals surface area (Å²) in [6, 6.07) is 5.60. The number of pyridine rings is 1. The molecule has 61 heavy (non-hydrogen) atoms. The molecule has 332 valence electrons. The first-order valence-corrected chi connectivity index (χ1v) is 23.6. The number of rotatable bonds is 9. The van der Waals surface area contributed by atoms with Gasteiger partial charge in [-0.1, -0.05) is 51.8 Å². The number of hydrogen-bond donors (Lipinski definition) is 3. The van der Waals surface area contributed by atoms with Crippen molar-refractivity contribution in [2.24, 2.45) is 23.2 Å². The number of hydrogen-bond acceptors (Lipinski definition) is 11. The largest absolute Gasteiger partial charge is 0.492 e. The van der Waals surface area contributed by atoms with Gasteiger partial charge < -0.3 is 34.6 Å². The van der Waals surface area contributed by atoms with Crippen molar-refractivity contribution in [2.45, 2.75) is 133 Å². The molecule has 4 heterocycles. The molecule has 1 aromatic heterocycles. The number of para-hydroxylation sites is 1. The highest BCUT2D eigenvalue weighted by Gasteiger charge is 2.63. The summed E-state index contributed by atoms with van der Waals surface area (Å²) in [5, 5.41) is 6.60. The molecule has 15 nitrogen and oxygen atoms in total. The third-order valence-corrected chi connectivity index (χ3v) is 16.0. The molecule has 8 rings (SSSR count). The number of likely N-dealkylation sites (tertiary alicyclic amines) is 1. The lowest BCUT2D eigenvalue weighted by atomic mass is 9.85. The van der Waals surface area contributed by atoms with Crippen LogP contribution in [0.3, 0.4) is 0 Å². The Bertz CT molecular complexity index is 2190. The Labute approximate surface area is 359 Å². The summed E-state index contributed by atoms with van der Waals surface area (Å²) in [5.74, 6) is -0.777. The van der Waals surface area contributed by atoms with Crippen LogP contribution >= 0.6 is 0 Å². The lowest BCUT2D eigenvalue weighted by molar-refractivity contribution is -0.142. The topological polar surface area (TPSA) is 186 Å². The fourth-order valence-corrected chi connectivity index (χ4v) is 10.7. The molecule has 8 atom stereocenters. The molecular weight excluding hydrogens is 801 g/mol. The Morgan fingerprint density at radius 1 is 1.08 bits per heavy atom. The van der Waals surface area contributed by atoms with E-state index in [0.717, 1.165) is 68.3 Å². The summed E-state index contributed by atoms with van der Waals surface area (Å²) in [4.78, 5) is 65.4. The van der Waals surface area contributed by atoms with E-state index in [1.54, 1.807) is 6.92 Å². The van der Waals surface area contributed by atoms with Gasteiger partial charge in [0.1, 0.15) is 35.6 Å². The number of fused-ring (bicyclic) bond motifs is 5. The molecule has 2 saturated heterocycles. The normalized spacial score (nSPS) is 31.6. The third kappa shape index (κ3) is 8.93. The average Bonchev–Trinajstić information content (AvgIpc) is 4.16. The van der Waals surface area contributed by atoms with Crippen molar-refractivity contribution >= 4 is 44.7 Å². The Kier molecular flexibility index (Phi) is 11.6. The van der Waals surface area contributed by atoms with Crippen LogP contribution in [-0.2, 0) is 35.6 Å². The van der Waals surface area contributed by atoms with E-state index in [9.17, 15) is 27.6 Å². The van der Waals surface area contributed by atoms with E-state index >= 15 is 0 Å². The van der Waals surface area contributed by atoms with E-state index in [2.05, 4.69) is 33.9 Å². The fourth-order valence-electron chi connectivity index (χ4n) is 9.35. The number of aromatic nitrogens is 1. The summed E-state index contributed by atoms with van der Waals surface area (Å²) in [6.07, 6.45) is 7.02. The molecule has 3 N–H and O–H groups in total. The highest BCUT2D eigenvalue weighted by molar-refractivity contribution is 7.91. The van der Waals surface area contributed by atoms with Crippen molar-refractivity contribution in [1.82, 2.24) is 30.1 Å². The molecule has 2 bridgehead atoms. The van der Waals surface area contributed by atoms with Crippen LogP contribution in [0.5, 0.6) is 11.6 Å². The summed E-state index contributed by atoms with van der Waals surface area (Å²) in [7, 11) is -1.89. The number of amides is 4. The molecule has 16 heteroatoms. The van der Waals surface area contributed by atoms with Crippen LogP contribution < -0.4 is 24.8 Å². The molecule has 2 aromatic rings. The molecule has 6 aliphatic rings. The van der Waals surface area contributed by atoms with Gasteiger partial charge in [0.25, 0.3) is 5.91 Å². The Balaban J connectivity index is 1.14. The number of sulfonamides is 1. The van der Waals surface area contributed by atoms with Gasteiger partial charge >= 0.3 is 6.09 Å². The fraction of sp³-hybridized carbons (Fsp3) is 0.667. The van der Waals surface area contributed by atoms with Crippen LogP contribution in [0, 0.1) is 23.2 Å². The Hall–Kier alpha value is -4.44. The van der Waals surface area contributed by atoms with E-state index in [1.165, 1.54) is 11.0 Å². The highest BCUT2D eigenvalue weighted by Crippen LogP contribution is 2.47. The number of carbonyl (C=O) groups excluding carboxylic acids is 4. The average molecular weight is 863 g/mol. The van der Waals surface area contributed by atoms with Gasteiger partial charge in [-0.25, -0.2) is 18.2 Å². The molecule has 3 aliphatic carbocycles. The summed E-state index contributed by atoms with van der Waals surface area (Å²) in [5.41, 5.74) is -0.829. The monoisotopic (exact) mass is 862 g/mol. The second kappa shape index (κ2) is 16.4. The van der Waals surface area contributed by atoms with E-state index in [1.807, 2.05) is 45.0 Å². The minimum atomic E-state index is -4.01. The Morgan fingerprint density at radius 2 is 1.85 bits per heavy atom. The minimum absolute atomic E-state index is 0.0275. The lowest BCUT2D eigenvalue weighted by Gasteiger charge is -2.35. The van der Waals surface area contributed by atoms with Gasteiger partial charge in [-0.3, -0.25) is 19.1 Å². The highest BCUT2D eigenvalue weighted by atomic mass is 32.2. The van der Waals surface area contributed by atoms with E-state index < -0.39 is 73.6 Å².